The fourth-order valence-corrected chi connectivity index (χ4v) is 3.74. The average molecular weight is 395 g/mol. The Morgan fingerprint density at radius 1 is 0.966 bits per heavy atom. The van der Waals surface area contributed by atoms with E-state index in [1.54, 1.807) is 49.6 Å². The van der Waals surface area contributed by atoms with Crippen molar-refractivity contribution in [2.24, 2.45) is 0 Å². The van der Waals surface area contributed by atoms with E-state index in [0.29, 0.717) is 34.9 Å². The molecule has 7 nitrogen and oxygen atoms in total. The Bertz CT molecular complexity index is 874. The van der Waals surface area contributed by atoms with Gasteiger partial charge >= 0.3 is 0 Å². The van der Waals surface area contributed by atoms with E-state index in [1.807, 2.05) is 0 Å². The van der Waals surface area contributed by atoms with Gasteiger partial charge in [0.2, 0.25) is 0 Å². The molecule has 2 aromatic rings. The largest absolute Gasteiger partial charge is 0.494 e. The molecule has 2 aliphatic rings. The van der Waals surface area contributed by atoms with Crippen LogP contribution in [0.1, 0.15) is 40.0 Å². The minimum atomic E-state index is -0.380. The number of carbonyl (C=O) groups excluding carboxylic acids is 2. The number of piperidine rings is 1. The van der Waals surface area contributed by atoms with Gasteiger partial charge in [-0.3, -0.25) is 19.9 Å². The van der Waals surface area contributed by atoms with Crippen LogP contribution in [-0.2, 0) is 0 Å². The highest BCUT2D eigenvalue weighted by molar-refractivity contribution is 6.21. The zero-order valence-electron chi connectivity index (χ0n) is 16.5. The summed E-state index contributed by atoms with van der Waals surface area (Å²) in [6.07, 6.45) is 3.83. The van der Waals surface area contributed by atoms with E-state index in [0.717, 1.165) is 24.6 Å². The zero-order chi connectivity index (χ0) is 20.2. The number of methoxy groups -OCH3 is 1. The summed E-state index contributed by atoms with van der Waals surface area (Å²) >= 11 is 0. The fraction of sp³-hybridized carbons (Fsp3) is 0.364. The van der Waals surface area contributed by atoms with Gasteiger partial charge in [0, 0.05) is 12.6 Å². The van der Waals surface area contributed by atoms with Crippen molar-refractivity contribution >= 4 is 17.5 Å². The Kier molecular flexibility index (Phi) is 5.67. The van der Waals surface area contributed by atoms with Gasteiger partial charge in [0.25, 0.3) is 11.8 Å². The summed E-state index contributed by atoms with van der Waals surface area (Å²) in [4.78, 5) is 27.5. The second kappa shape index (κ2) is 8.53. The molecule has 0 saturated carbocycles. The van der Waals surface area contributed by atoms with E-state index in [9.17, 15) is 9.59 Å². The topological polar surface area (TPSA) is 71.1 Å². The molecule has 152 valence electrons. The second-order valence-electron chi connectivity index (χ2n) is 7.22. The number of amides is 2. The molecule has 1 fully saturated rings. The minimum absolute atomic E-state index is 0.380. The SMILES string of the molecule is COc1cc(OCCN2CCCCC2)ccc1NN1C(=O)c2ccccc2C1=O. The van der Waals surface area contributed by atoms with Gasteiger partial charge in [-0.25, -0.2) is 0 Å². The Labute approximate surface area is 170 Å². The number of carbonyl (C=O) groups is 2. The molecular weight excluding hydrogens is 370 g/mol. The molecule has 1 N–H and O–H groups in total. The van der Waals surface area contributed by atoms with Gasteiger partial charge in [0.1, 0.15) is 18.1 Å². The monoisotopic (exact) mass is 395 g/mol. The van der Waals surface area contributed by atoms with Gasteiger partial charge in [0.15, 0.2) is 0 Å². The first-order valence-corrected chi connectivity index (χ1v) is 9.95. The molecule has 2 heterocycles. The molecule has 0 aliphatic carbocycles. The summed E-state index contributed by atoms with van der Waals surface area (Å²) < 4.78 is 11.3. The van der Waals surface area contributed by atoms with E-state index in [1.165, 1.54) is 19.3 Å². The lowest BCUT2D eigenvalue weighted by Gasteiger charge is -2.26. The van der Waals surface area contributed by atoms with E-state index >= 15 is 0 Å². The molecule has 0 radical (unpaired) electrons. The number of hydrogen-bond donors (Lipinski definition) is 1. The highest BCUT2D eigenvalue weighted by Crippen LogP contribution is 2.31. The van der Waals surface area contributed by atoms with E-state index < -0.39 is 0 Å². The van der Waals surface area contributed by atoms with Crippen LogP contribution in [0.2, 0.25) is 0 Å². The zero-order valence-corrected chi connectivity index (χ0v) is 16.5. The molecule has 0 aromatic heterocycles. The summed E-state index contributed by atoms with van der Waals surface area (Å²) in [5.74, 6) is 0.424. The Balaban J connectivity index is 1.41. The second-order valence-corrected chi connectivity index (χ2v) is 7.22. The molecular formula is C22H25N3O4. The first-order valence-electron chi connectivity index (χ1n) is 9.95. The first-order chi connectivity index (χ1) is 14.2. The maximum Gasteiger partial charge on any atom is 0.280 e. The van der Waals surface area contributed by atoms with Crippen molar-refractivity contribution < 1.29 is 19.1 Å². The number of benzene rings is 2. The maximum atomic E-state index is 12.5. The predicted molar refractivity (Wildman–Crippen MR) is 109 cm³/mol. The van der Waals surface area contributed by atoms with Crippen molar-refractivity contribution in [1.29, 1.82) is 0 Å². The van der Waals surface area contributed by atoms with Crippen molar-refractivity contribution in [3.8, 4) is 11.5 Å². The van der Waals surface area contributed by atoms with Crippen molar-refractivity contribution in [1.82, 2.24) is 9.91 Å². The normalized spacial score (nSPS) is 16.7. The van der Waals surface area contributed by atoms with Crippen LogP contribution >= 0.6 is 0 Å². The van der Waals surface area contributed by atoms with Crippen LogP contribution in [0.25, 0.3) is 0 Å². The molecule has 29 heavy (non-hydrogen) atoms. The molecule has 7 heteroatoms. The first kappa shape index (κ1) is 19.3. The minimum Gasteiger partial charge on any atom is -0.494 e. The molecule has 4 rings (SSSR count). The number of rotatable bonds is 7. The van der Waals surface area contributed by atoms with Crippen molar-refractivity contribution in [2.75, 3.05) is 38.8 Å². The van der Waals surface area contributed by atoms with Crippen LogP contribution in [0.15, 0.2) is 42.5 Å². The Hall–Kier alpha value is -3.06. The van der Waals surface area contributed by atoms with Crippen molar-refractivity contribution in [3.63, 3.8) is 0 Å². The number of nitrogens with zero attached hydrogens (tertiary/aromatic N) is 2. The number of fused-ring (bicyclic) bond motifs is 1. The molecule has 0 atom stereocenters. The Morgan fingerprint density at radius 3 is 2.31 bits per heavy atom. The van der Waals surface area contributed by atoms with E-state index in [2.05, 4.69) is 10.3 Å². The summed E-state index contributed by atoms with van der Waals surface area (Å²) in [5.41, 5.74) is 4.19. The summed E-state index contributed by atoms with van der Waals surface area (Å²) in [7, 11) is 1.54. The van der Waals surface area contributed by atoms with Crippen molar-refractivity contribution in [3.05, 3.63) is 53.6 Å². The van der Waals surface area contributed by atoms with Crippen LogP contribution in [0.3, 0.4) is 0 Å². The van der Waals surface area contributed by atoms with Crippen molar-refractivity contribution in [2.45, 2.75) is 19.3 Å². The number of ether oxygens (including phenoxy) is 2. The lowest BCUT2D eigenvalue weighted by molar-refractivity contribution is 0.0691. The molecule has 2 aromatic carbocycles. The quantitative estimate of drug-likeness (QED) is 0.726. The number of anilines is 1. The lowest BCUT2D eigenvalue weighted by Crippen LogP contribution is -2.35. The van der Waals surface area contributed by atoms with Gasteiger partial charge in [-0.1, -0.05) is 18.6 Å². The van der Waals surface area contributed by atoms with Gasteiger partial charge in [-0.2, -0.15) is 5.01 Å². The Morgan fingerprint density at radius 2 is 1.66 bits per heavy atom. The van der Waals surface area contributed by atoms with Gasteiger partial charge in [0.05, 0.1) is 23.9 Å². The number of hydrazine groups is 1. The third kappa shape index (κ3) is 4.05. The highest BCUT2D eigenvalue weighted by Gasteiger charge is 2.36. The lowest BCUT2D eigenvalue weighted by atomic mass is 10.1. The van der Waals surface area contributed by atoms with Crippen LogP contribution < -0.4 is 14.9 Å². The van der Waals surface area contributed by atoms with Crippen LogP contribution in [-0.4, -0.2) is 55.1 Å². The van der Waals surface area contributed by atoms with Gasteiger partial charge in [-0.15, -0.1) is 0 Å². The summed E-state index contributed by atoms with van der Waals surface area (Å²) in [6.45, 7) is 3.78. The number of imide groups is 1. The highest BCUT2D eigenvalue weighted by atomic mass is 16.5. The van der Waals surface area contributed by atoms with Gasteiger partial charge < -0.3 is 9.47 Å². The molecule has 0 spiro atoms. The predicted octanol–water partition coefficient (Wildman–Crippen LogP) is 3.18. The average Bonchev–Trinajstić information content (AvgIpc) is 3.00. The van der Waals surface area contributed by atoms with Crippen LogP contribution in [0.4, 0.5) is 5.69 Å². The standard InChI is InChI=1S/C22H25N3O4/c1-28-20-15-16(29-14-13-24-11-5-2-6-12-24)9-10-19(20)23-25-21(26)17-7-3-4-8-18(17)22(25)27/h3-4,7-10,15,23H,2,5-6,11-14H2,1H3. The summed E-state index contributed by atoms with van der Waals surface area (Å²) in [5, 5.41) is 1.01. The number of nitrogens with one attached hydrogen (secondary N) is 1. The molecule has 2 amide bonds. The maximum absolute atomic E-state index is 12.5. The fourth-order valence-electron chi connectivity index (χ4n) is 3.74. The molecule has 2 aliphatic heterocycles. The number of hydrogen-bond acceptors (Lipinski definition) is 6. The molecule has 0 bridgehead atoms. The van der Waals surface area contributed by atoms with Crippen LogP contribution in [0.5, 0.6) is 11.5 Å². The van der Waals surface area contributed by atoms with Crippen LogP contribution in [0, 0.1) is 0 Å². The third-order valence-electron chi connectivity index (χ3n) is 5.32. The van der Waals surface area contributed by atoms with Gasteiger partial charge in [-0.05, 0) is 50.2 Å². The van der Waals surface area contributed by atoms with E-state index in [4.69, 9.17) is 9.47 Å². The number of likely N-dealkylation sites (tertiary alicyclic amines) is 1. The smallest absolute Gasteiger partial charge is 0.280 e. The molecule has 1 saturated heterocycles. The van der Waals surface area contributed by atoms with E-state index in [-0.39, 0.29) is 11.8 Å². The summed E-state index contributed by atoms with van der Waals surface area (Å²) in [6, 6.07) is 12.1. The molecule has 0 unspecified atom stereocenters. The third-order valence-corrected chi connectivity index (χ3v) is 5.32.